The Morgan fingerprint density at radius 3 is 3.19 bits per heavy atom. The zero-order chi connectivity index (χ0) is 11.4. The molecule has 16 heavy (non-hydrogen) atoms. The molecule has 4 nitrogen and oxygen atoms in total. The molecule has 0 aromatic carbocycles. The van der Waals surface area contributed by atoms with Gasteiger partial charge in [-0.25, -0.2) is 0 Å². The Balaban J connectivity index is 1.96. The summed E-state index contributed by atoms with van der Waals surface area (Å²) in [6.07, 6.45) is 5.58. The van der Waals surface area contributed by atoms with Gasteiger partial charge in [-0.15, -0.1) is 0 Å². The van der Waals surface area contributed by atoms with Crippen molar-refractivity contribution >= 4 is 5.78 Å². The molecular weight excluding hydrogens is 204 g/mol. The molecule has 1 saturated heterocycles. The molecular formula is C12H18N2O2. The van der Waals surface area contributed by atoms with Gasteiger partial charge in [0.25, 0.3) is 0 Å². The summed E-state index contributed by atoms with van der Waals surface area (Å²) in [5.41, 5.74) is 0.705. The number of ether oxygens (including phenoxy) is 1. The molecule has 0 amide bonds. The number of carbonyl (C=O) groups excluding carboxylic acids is 1. The number of ketones is 1. The molecule has 0 bridgehead atoms. The van der Waals surface area contributed by atoms with Crippen LogP contribution >= 0.6 is 0 Å². The average molecular weight is 222 g/mol. The van der Waals surface area contributed by atoms with E-state index < -0.39 is 0 Å². The Hall–Kier alpha value is -1.16. The van der Waals surface area contributed by atoms with Gasteiger partial charge in [-0.3, -0.25) is 9.48 Å². The quantitative estimate of drug-likeness (QED) is 0.732. The van der Waals surface area contributed by atoms with Crippen molar-refractivity contribution in [1.29, 1.82) is 0 Å². The molecule has 0 saturated carbocycles. The molecule has 4 heteroatoms. The highest BCUT2D eigenvalue weighted by Gasteiger charge is 2.20. The van der Waals surface area contributed by atoms with Gasteiger partial charge in [-0.2, -0.15) is 5.10 Å². The third-order valence-corrected chi connectivity index (χ3v) is 2.99. The van der Waals surface area contributed by atoms with Gasteiger partial charge in [-0.05, 0) is 32.3 Å². The highest BCUT2D eigenvalue weighted by atomic mass is 16.5. The van der Waals surface area contributed by atoms with Crippen LogP contribution in [0, 0.1) is 0 Å². The largest absolute Gasteiger partial charge is 0.378 e. The van der Waals surface area contributed by atoms with Gasteiger partial charge in [-0.1, -0.05) is 0 Å². The molecule has 2 heterocycles. The van der Waals surface area contributed by atoms with Crippen LogP contribution in [-0.4, -0.2) is 28.3 Å². The number of rotatable bonds is 4. The fraction of sp³-hybridized carbons (Fsp3) is 0.667. The lowest BCUT2D eigenvalue weighted by Crippen LogP contribution is -2.23. The van der Waals surface area contributed by atoms with Gasteiger partial charge in [0.05, 0.1) is 6.10 Å². The SMILES string of the molecule is CCn1nccc1C(=O)CC1CCCCO1. The standard InChI is InChI=1S/C12H18N2O2/c1-2-14-11(6-7-13-14)12(15)9-10-5-3-4-8-16-10/h6-7,10H,2-5,8-9H2,1H3. The fourth-order valence-electron chi connectivity index (χ4n) is 2.10. The normalized spacial score (nSPS) is 20.9. The second kappa shape index (κ2) is 5.25. The first-order valence-corrected chi connectivity index (χ1v) is 5.98. The smallest absolute Gasteiger partial charge is 0.183 e. The van der Waals surface area contributed by atoms with Crippen molar-refractivity contribution in [1.82, 2.24) is 9.78 Å². The maximum absolute atomic E-state index is 12.0. The van der Waals surface area contributed by atoms with Crippen molar-refractivity contribution in [2.75, 3.05) is 6.61 Å². The van der Waals surface area contributed by atoms with Crippen LogP contribution in [0.4, 0.5) is 0 Å². The van der Waals surface area contributed by atoms with Crippen molar-refractivity contribution < 1.29 is 9.53 Å². The minimum Gasteiger partial charge on any atom is -0.378 e. The average Bonchev–Trinajstić information content (AvgIpc) is 2.78. The van der Waals surface area contributed by atoms with Gasteiger partial charge in [0.15, 0.2) is 5.78 Å². The van der Waals surface area contributed by atoms with E-state index >= 15 is 0 Å². The molecule has 1 aliphatic rings. The maximum Gasteiger partial charge on any atom is 0.183 e. The van der Waals surface area contributed by atoms with Gasteiger partial charge in [0.1, 0.15) is 5.69 Å². The number of carbonyl (C=O) groups is 1. The van der Waals surface area contributed by atoms with Crippen LogP contribution in [-0.2, 0) is 11.3 Å². The summed E-state index contributed by atoms with van der Waals surface area (Å²) < 4.78 is 7.31. The molecule has 0 spiro atoms. The van der Waals surface area contributed by atoms with Crippen molar-refractivity contribution in [3.8, 4) is 0 Å². The van der Waals surface area contributed by atoms with Crippen molar-refractivity contribution in [3.05, 3.63) is 18.0 Å². The molecule has 1 aromatic rings. The first kappa shape index (κ1) is 11.3. The van der Waals surface area contributed by atoms with Gasteiger partial charge in [0, 0.05) is 25.8 Å². The van der Waals surface area contributed by atoms with E-state index in [2.05, 4.69) is 5.10 Å². The summed E-state index contributed by atoms with van der Waals surface area (Å²) in [6, 6.07) is 1.79. The molecule has 1 aromatic heterocycles. The lowest BCUT2D eigenvalue weighted by molar-refractivity contribution is 0.0127. The molecule has 0 radical (unpaired) electrons. The second-order valence-corrected chi connectivity index (χ2v) is 4.15. The minimum atomic E-state index is 0.112. The van der Waals surface area contributed by atoms with Crippen molar-refractivity contribution in [2.45, 2.75) is 45.3 Å². The lowest BCUT2D eigenvalue weighted by Gasteiger charge is -2.21. The van der Waals surface area contributed by atoms with Crippen LogP contribution in [0.15, 0.2) is 12.3 Å². The van der Waals surface area contributed by atoms with Gasteiger partial charge in [0.2, 0.25) is 0 Å². The topological polar surface area (TPSA) is 44.1 Å². The van der Waals surface area contributed by atoms with Gasteiger partial charge >= 0.3 is 0 Å². The van der Waals surface area contributed by atoms with Crippen LogP contribution in [0.25, 0.3) is 0 Å². The zero-order valence-corrected chi connectivity index (χ0v) is 9.69. The highest BCUT2D eigenvalue weighted by molar-refractivity contribution is 5.94. The second-order valence-electron chi connectivity index (χ2n) is 4.15. The summed E-state index contributed by atoms with van der Waals surface area (Å²) in [7, 11) is 0. The third kappa shape index (κ3) is 2.50. The van der Waals surface area contributed by atoms with Crippen molar-refractivity contribution in [3.63, 3.8) is 0 Å². The Labute approximate surface area is 95.6 Å². The predicted octanol–water partition coefficient (Wildman–Crippen LogP) is 2.04. The number of hydrogen-bond acceptors (Lipinski definition) is 3. The number of nitrogens with zero attached hydrogens (tertiary/aromatic N) is 2. The van der Waals surface area contributed by atoms with Crippen LogP contribution in [0.2, 0.25) is 0 Å². The number of Topliss-reactive ketones (excluding diaryl/α,β-unsaturated/α-hetero) is 1. The van der Waals surface area contributed by atoms with Crippen LogP contribution in [0.3, 0.4) is 0 Å². The van der Waals surface area contributed by atoms with Crippen molar-refractivity contribution in [2.24, 2.45) is 0 Å². The van der Waals surface area contributed by atoms with E-state index in [-0.39, 0.29) is 11.9 Å². The van der Waals surface area contributed by atoms with E-state index in [0.29, 0.717) is 12.1 Å². The number of aromatic nitrogens is 2. The fourth-order valence-corrected chi connectivity index (χ4v) is 2.10. The summed E-state index contributed by atoms with van der Waals surface area (Å²) in [6.45, 7) is 3.52. The van der Waals surface area contributed by atoms with Crippen LogP contribution in [0.1, 0.15) is 43.1 Å². The molecule has 88 valence electrons. The Morgan fingerprint density at radius 2 is 2.50 bits per heavy atom. The monoisotopic (exact) mass is 222 g/mol. The van der Waals surface area contributed by atoms with E-state index in [9.17, 15) is 4.79 Å². The Kier molecular flexibility index (Phi) is 3.72. The summed E-state index contributed by atoms with van der Waals surface area (Å²) in [5.74, 6) is 0.145. The third-order valence-electron chi connectivity index (χ3n) is 2.99. The van der Waals surface area contributed by atoms with E-state index in [4.69, 9.17) is 4.74 Å². The summed E-state index contributed by atoms with van der Waals surface area (Å²) >= 11 is 0. The molecule has 1 unspecified atom stereocenters. The van der Waals surface area contributed by atoms with E-state index in [0.717, 1.165) is 26.0 Å². The van der Waals surface area contributed by atoms with Crippen LogP contribution in [0.5, 0.6) is 0 Å². The summed E-state index contributed by atoms with van der Waals surface area (Å²) in [5, 5.41) is 4.10. The maximum atomic E-state index is 12.0. The van der Waals surface area contributed by atoms with Crippen LogP contribution < -0.4 is 0 Å². The minimum absolute atomic E-state index is 0.112. The zero-order valence-electron chi connectivity index (χ0n) is 9.69. The molecule has 1 fully saturated rings. The first-order valence-electron chi connectivity index (χ1n) is 5.98. The molecule has 2 rings (SSSR count). The Bertz CT molecular complexity index is 354. The first-order chi connectivity index (χ1) is 7.81. The lowest BCUT2D eigenvalue weighted by atomic mass is 10.0. The van der Waals surface area contributed by atoms with E-state index in [1.807, 2.05) is 6.92 Å². The molecule has 0 aliphatic carbocycles. The number of hydrogen-bond donors (Lipinski definition) is 0. The van der Waals surface area contributed by atoms with E-state index in [1.165, 1.54) is 6.42 Å². The number of aryl methyl sites for hydroxylation is 1. The Morgan fingerprint density at radius 1 is 1.62 bits per heavy atom. The molecule has 1 aliphatic heterocycles. The highest BCUT2D eigenvalue weighted by Crippen LogP contribution is 2.17. The molecule has 0 N–H and O–H groups in total. The molecule has 1 atom stereocenters. The predicted molar refractivity (Wildman–Crippen MR) is 60.4 cm³/mol. The summed E-state index contributed by atoms with van der Waals surface area (Å²) in [4.78, 5) is 12.0. The van der Waals surface area contributed by atoms with Gasteiger partial charge < -0.3 is 4.74 Å². The van der Waals surface area contributed by atoms with E-state index in [1.54, 1.807) is 16.9 Å².